The maximum Gasteiger partial charge on any atom is 0.416 e. The fourth-order valence-electron chi connectivity index (χ4n) is 0.952. The van der Waals surface area contributed by atoms with Gasteiger partial charge in [-0.3, -0.25) is 10.2 Å². The van der Waals surface area contributed by atoms with Gasteiger partial charge in [0.25, 0.3) is 5.91 Å². The molecule has 82 valence electrons. The van der Waals surface area contributed by atoms with E-state index in [4.69, 9.17) is 11.8 Å². The number of carbonyl (C=O) groups is 1. The third-order valence-corrected chi connectivity index (χ3v) is 1.71. The summed E-state index contributed by atoms with van der Waals surface area (Å²) >= 11 is 4.97. The molecule has 0 aromatic heterocycles. The maximum atomic E-state index is 12.2. The number of hydrazine groups is 1. The van der Waals surface area contributed by atoms with Crippen molar-refractivity contribution in [3.05, 3.63) is 35.4 Å². The van der Waals surface area contributed by atoms with Crippen molar-refractivity contribution < 1.29 is 18.0 Å². The molecule has 0 aliphatic rings. The van der Waals surface area contributed by atoms with Crippen molar-refractivity contribution >= 4 is 17.7 Å². The lowest BCUT2D eigenvalue weighted by Crippen LogP contribution is -2.30. The summed E-state index contributed by atoms with van der Waals surface area (Å²) in [4.78, 5) is 12.9. The van der Waals surface area contributed by atoms with E-state index in [0.29, 0.717) is 0 Å². The smallest absolute Gasteiger partial charge is 0.273 e. The second-order valence-electron chi connectivity index (χ2n) is 2.63. The summed E-state index contributed by atoms with van der Waals surface area (Å²) in [6.07, 6.45) is -4.47. The SMILES string of the molecule is O=C(NNCl)c1cccc(C(F)(F)F)c1. The van der Waals surface area contributed by atoms with E-state index in [9.17, 15) is 18.0 Å². The molecule has 1 aromatic carbocycles. The summed E-state index contributed by atoms with van der Waals surface area (Å²) in [6.45, 7) is 0. The minimum absolute atomic E-state index is 0.127. The van der Waals surface area contributed by atoms with Crippen molar-refractivity contribution in [1.82, 2.24) is 10.4 Å². The number of halogens is 4. The lowest BCUT2D eigenvalue weighted by atomic mass is 10.1. The van der Waals surface area contributed by atoms with E-state index >= 15 is 0 Å². The van der Waals surface area contributed by atoms with E-state index in [0.717, 1.165) is 18.2 Å². The Labute approximate surface area is 88.3 Å². The van der Waals surface area contributed by atoms with Crippen LogP contribution >= 0.6 is 11.8 Å². The average Bonchev–Trinajstić information content (AvgIpc) is 2.17. The van der Waals surface area contributed by atoms with Crippen molar-refractivity contribution in [2.24, 2.45) is 0 Å². The molecule has 1 aromatic rings. The van der Waals surface area contributed by atoms with Crippen molar-refractivity contribution in [3.63, 3.8) is 0 Å². The van der Waals surface area contributed by atoms with Crippen LogP contribution in [0.15, 0.2) is 24.3 Å². The molecule has 15 heavy (non-hydrogen) atoms. The fourth-order valence-corrected chi connectivity index (χ4v) is 1.04. The molecule has 1 rings (SSSR count). The van der Waals surface area contributed by atoms with E-state index in [-0.39, 0.29) is 5.56 Å². The second-order valence-corrected chi connectivity index (χ2v) is 2.82. The number of alkyl halides is 3. The van der Waals surface area contributed by atoms with E-state index in [2.05, 4.69) is 0 Å². The predicted molar refractivity (Wildman–Crippen MR) is 47.9 cm³/mol. The van der Waals surface area contributed by atoms with Crippen LogP contribution in [-0.4, -0.2) is 5.91 Å². The molecule has 0 aliphatic carbocycles. The van der Waals surface area contributed by atoms with Gasteiger partial charge in [0.15, 0.2) is 0 Å². The highest BCUT2D eigenvalue weighted by Gasteiger charge is 2.30. The van der Waals surface area contributed by atoms with Gasteiger partial charge in [0, 0.05) is 5.56 Å². The van der Waals surface area contributed by atoms with Gasteiger partial charge in [-0.25, -0.2) is 0 Å². The summed E-state index contributed by atoms with van der Waals surface area (Å²) in [5, 5.41) is 0. The van der Waals surface area contributed by atoms with E-state index in [1.54, 1.807) is 0 Å². The van der Waals surface area contributed by atoms with Crippen molar-refractivity contribution in [1.29, 1.82) is 0 Å². The zero-order chi connectivity index (χ0) is 11.5. The highest BCUT2D eigenvalue weighted by atomic mass is 35.5. The van der Waals surface area contributed by atoms with Gasteiger partial charge in [-0.1, -0.05) is 6.07 Å². The van der Waals surface area contributed by atoms with Crippen molar-refractivity contribution in [3.8, 4) is 0 Å². The third-order valence-electron chi connectivity index (χ3n) is 1.61. The first-order valence-corrected chi connectivity index (χ1v) is 4.16. The van der Waals surface area contributed by atoms with Crippen LogP contribution in [-0.2, 0) is 6.18 Å². The number of nitrogens with one attached hydrogen (secondary N) is 2. The maximum absolute atomic E-state index is 12.2. The summed E-state index contributed by atoms with van der Waals surface area (Å²) in [7, 11) is 0. The first-order chi connectivity index (χ1) is 6.95. The molecule has 0 atom stereocenters. The Morgan fingerprint density at radius 1 is 1.33 bits per heavy atom. The van der Waals surface area contributed by atoms with Crippen molar-refractivity contribution in [2.75, 3.05) is 0 Å². The largest absolute Gasteiger partial charge is 0.416 e. The number of benzene rings is 1. The van der Waals surface area contributed by atoms with Gasteiger partial charge in [0.1, 0.15) is 0 Å². The van der Waals surface area contributed by atoms with E-state index in [1.165, 1.54) is 6.07 Å². The zero-order valence-electron chi connectivity index (χ0n) is 7.23. The molecular formula is C8H6ClF3N2O. The highest BCUT2D eigenvalue weighted by Crippen LogP contribution is 2.29. The molecule has 0 fully saturated rings. The molecule has 0 aliphatic heterocycles. The van der Waals surface area contributed by atoms with Crippen molar-refractivity contribution in [2.45, 2.75) is 6.18 Å². The molecule has 1 amide bonds. The molecule has 0 radical (unpaired) electrons. The Morgan fingerprint density at radius 2 is 2.00 bits per heavy atom. The standard InChI is InChI=1S/C8H6ClF3N2O/c9-14-13-7(15)5-2-1-3-6(4-5)8(10,11)12/h1-4,14H,(H,13,15). The lowest BCUT2D eigenvalue weighted by molar-refractivity contribution is -0.137. The molecule has 0 saturated carbocycles. The van der Waals surface area contributed by atoms with Crippen LogP contribution in [0.25, 0.3) is 0 Å². The minimum Gasteiger partial charge on any atom is -0.273 e. The molecule has 0 bridgehead atoms. The van der Waals surface area contributed by atoms with Gasteiger partial charge in [-0.2, -0.15) is 13.2 Å². The topological polar surface area (TPSA) is 41.1 Å². The van der Waals surface area contributed by atoms with Crippen LogP contribution in [0.1, 0.15) is 15.9 Å². The number of hydrogen-bond acceptors (Lipinski definition) is 2. The summed E-state index contributed by atoms with van der Waals surface area (Å²) in [6, 6.07) is 4.01. The van der Waals surface area contributed by atoms with E-state index < -0.39 is 17.6 Å². The molecule has 0 heterocycles. The molecule has 7 heteroatoms. The molecular weight excluding hydrogens is 233 g/mol. The monoisotopic (exact) mass is 238 g/mol. The summed E-state index contributed by atoms with van der Waals surface area (Å²) < 4.78 is 36.7. The summed E-state index contributed by atoms with van der Waals surface area (Å²) in [5.41, 5.74) is 0.938. The first-order valence-electron chi connectivity index (χ1n) is 3.78. The van der Waals surface area contributed by atoms with Gasteiger partial charge in [0.2, 0.25) is 0 Å². The Hall–Kier alpha value is -1.27. The Bertz CT molecular complexity index is 367. The molecule has 2 N–H and O–H groups in total. The lowest BCUT2D eigenvalue weighted by Gasteiger charge is -2.08. The predicted octanol–water partition coefficient (Wildman–Crippen LogP) is 2.09. The van der Waals surface area contributed by atoms with Gasteiger partial charge < -0.3 is 0 Å². The Morgan fingerprint density at radius 3 is 2.53 bits per heavy atom. The van der Waals surface area contributed by atoms with Crippen LogP contribution in [0.5, 0.6) is 0 Å². The third kappa shape index (κ3) is 3.10. The van der Waals surface area contributed by atoms with Gasteiger partial charge in [-0.05, 0) is 30.0 Å². The number of rotatable bonds is 2. The van der Waals surface area contributed by atoms with Gasteiger partial charge in [0.05, 0.1) is 5.56 Å². The average molecular weight is 239 g/mol. The number of hydrogen-bond donors (Lipinski definition) is 2. The summed E-state index contributed by atoms with van der Waals surface area (Å²) in [5.74, 6) is -0.740. The Kier molecular flexibility index (Phi) is 3.54. The van der Waals surface area contributed by atoms with Crippen LogP contribution in [0.2, 0.25) is 0 Å². The highest BCUT2D eigenvalue weighted by molar-refractivity contribution is 6.14. The normalized spacial score (nSPS) is 11.2. The number of amides is 1. The molecule has 0 spiro atoms. The molecule has 0 unspecified atom stereocenters. The molecule has 0 saturated heterocycles. The van der Waals surface area contributed by atoms with E-state index in [1.807, 2.05) is 10.4 Å². The fraction of sp³-hybridized carbons (Fsp3) is 0.125. The van der Waals surface area contributed by atoms with Crippen LogP contribution in [0.3, 0.4) is 0 Å². The first kappa shape index (κ1) is 11.8. The quantitative estimate of drug-likeness (QED) is 0.612. The number of carbonyl (C=O) groups excluding carboxylic acids is 1. The van der Waals surface area contributed by atoms with Crippen LogP contribution in [0.4, 0.5) is 13.2 Å². The minimum atomic E-state index is -4.47. The Balaban J connectivity index is 2.98. The van der Waals surface area contributed by atoms with Crippen LogP contribution in [0, 0.1) is 0 Å². The van der Waals surface area contributed by atoms with Gasteiger partial charge in [-0.15, -0.1) is 4.94 Å². The zero-order valence-corrected chi connectivity index (χ0v) is 7.99. The van der Waals surface area contributed by atoms with Crippen LogP contribution < -0.4 is 10.4 Å². The molecule has 3 nitrogen and oxygen atoms in total. The van der Waals surface area contributed by atoms with Gasteiger partial charge >= 0.3 is 6.18 Å². The second kappa shape index (κ2) is 4.50.